The van der Waals surface area contributed by atoms with Gasteiger partial charge in [-0.3, -0.25) is 4.79 Å². The number of carbonyl (C=O) groups excluding carboxylic acids is 1. The normalized spacial score (nSPS) is 10.4. The smallest absolute Gasteiger partial charge is 0.254 e. The van der Waals surface area contributed by atoms with Crippen LogP contribution in [-0.4, -0.2) is 28.9 Å². The largest absolute Gasteiger partial charge is 0.384 e. The second-order valence-corrected chi connectivity index (χ2v) is 4.42. The Morgan fingerprint density at radius 2 is 1.83 bits per heavy atom. The predicted octanol–water partition coefficient (Wildman–Crippen LogP) is 2.49. The van der Waals surface area contributed by atoms with Crippen molar-refractivity contribution in [1.29, 1.82) is 0 Å². The van der Waals surface area contributed by atoms with E-state index >= 15 is 0 Å². The molecular weight excluding hydrogens is 226 g/mol. The van der Waals surface area contributed by atoms with E-state index in [-0.39, 0.29) is 5.91 Å². The van der Waals surface area contributed by atoms with Gasteiger partial charge in [-0.25, -0.2) is 4.98 Å². The predicted molar refractivity (Wildman–Crippen MR) is 74.5 cm³/mol. The van der Waals surface area contributed by atoms with Crippen molar-refractivity contribution in [2.24, 2.45) is 0 Å². The maximum atomic E-state index is 12.4. The molecule has 0 atom stereocenters. The topological polar surface area (TPSA) is 59.2 Å². The highest BCUT2D eigenvalue weighted by atomic mass is 16.2. The molecule has 0 aromatic carbocycles. The minimum absolute atomic E-state index is 0.0579. The zero-order valence-corrected chi connectivity index (χ0v) is 11.6. The number of nitrogens with zero attached hydrogens (tertiary/aromatic N) is 2. The maximum Gasteiger partial charge on any atom is 0.254 e. The summed E-state index contributed by atoms with van der Waals surface area (Å²) in [5, 5.41) is 0. The van der Waals surface area contributed by atoms with Gasteiger partial charge in [-0.15, -0.1) is 0 Å². The molecule has 0 saturated heterocycles. The summed E-state index contributed by atoms with van der Waals surface area (Å²) in [6.45, 7) is 7.74. The first-order chi connectivity index (χ1) is 8.62. The van der Waals surface area contributed by atoms with Crippen molar-refractivity contribution in [2.45, 2.75) is 40.0 Å². The molecule has 1 rings (SSSR count). The van der Waals surface area contributed by atoms with Crippen LogP contribution in [0.3, 0.4) is 0 Å². The van der Waals surface area contributed by atoms with Crippen LogP contribution in [0.1, 0.15) is 49.7 Å². The van der Waals surface area contributed by atoms with E-state index < -0.39 is 0 Å². The quantitative estimate of drug-likeness (QED) is 0.842. The fourth-order valence-corrected chi connectivity index (χ4v) is 1.95. The zero-order chi connectivity index (χ0) is 13.5. The lowest BCUT2D eigenvalue weighted by Crippen LogP contribution is -2.32. The summed E-state index contributed by atoms with van der Waals surface area (Å²) in [4.78, 5) is 18.5. The summed E-state index contributed by atoms with van der Waals surface area (Å²) in [6.07, 6.45) is 2.72. The number of amides is 1. The number of hydrogen-bond donors (Lipinski definition) is 1. The lowest BCUT2D eigenvalue weighted by molar-refractivity contribution is 0.0755. The molecule has 0 aliphatic heterocycles. The Bertz CT molecular complexity index is 398. The Morgan fingerprint density at radius 3 is 2.33 bits per heavy atom. The standard InChI is InChI=1S/C14H23N3O/c1-4-7-17(8-5-2)14(18)11-9-12(6-3)16-13(15)10-11/h9-10H,4-8H2,1-3H3,(H2,15,16). The van der Waals surface area contributed by atoms with E-state index in [0.717, 1.165) is 38.0 Å². The molecule has 0 fully saturated rings. The Hall–Kier alpha value is -1.58. The van der Waals surface area contributed by atoms with Gasteiger partial charge < -0.3 is 10.6 Å². The molecule has 2 N–H and O–H groups in total. The van der Waals surface area contributed by atoms with Crippen molar-refractivity contribution in [1.82, 2.24) is 9.88 Å². The number of aromatic nitrogens is 1. The summed E-state index contributed by atoms with van der Waals surface area (Å²) in [5.74, 6) is 0.480. The first kappa shape index (κ1) is 14.5. The first-order valence-corrected chi connectivity index (χ1v) is 6.68. The second-order valence-electron chi connectivity index (χ2n) is 4.42. The fraction of sp³-hybridized carbons (Fsp3) is 0.571. The SMILES string of the molecule is CCCN(CCC)C(=O)c1cc(N)nc(CC)c1. The summed E-state index contributed by atoms with van der Waals surface area (Å²) in [5.41, 5.74) is 7.26. The van der Waals surface area contributed by atoms with Gasteiger partial charge in [0.25, 0.3) is 5.91 Å². The third-order valence-electron chi connectivity index (χ3n) is 2.78. The molecule has 1 aromatic heterocycles. The van der Waals surface area contributed by atoms with Gasteiger partial charge >= 0.3 is 0 Å². The van der Waals surface area contributed by atoms with E-state index in [9.17, 15) is 4.79 Å². The molecule has 0 aliphatic carbocycles. The zero-order valence-electron chi connectivity index (χ0n) is 11.6. The van der Waals surface area contributed by atoms with Crippen LogP contribution in [0.4, 0.5) is 5.82 Å². The van der Waals surface area contributed by atoms with Gasteiger partial charge in [-0.05, 0) is 31.4 Å². The van der Waals surface area contributed by atoms with Crippen LogP contribution in [0.5, 0.6) is 0 Å². The lowest BCUT2D eigenvalue weighted by atomic mass is 10.1. The van der Waals surface area contributed by atoms with E-state index in [2.05, 4.69) is 18.8 Å². The lowest BCUT2D eigenvalue weighted by Gasteiger charge is -2.21. The fourth-order valence-electron chi connectivity index (χ4n) is 1.95. The van der Waals surface area contributed by atoms with Crippen molar-refractivity contribution in [3.63, 3.8) is 0 Å². The average molecular weight is 249 g/mol. The van der Waals surface area contributed by atoms with Gasteiger partial charge in [0, 0.05) is 24.3 Å². The van der Waals surface area contributed by atoms with Crippen LogP contribution in [0.25, 0.3) is 0 Å². The molecule has 1 aromatic rings. The van der Waals surface area contributed by atoms with Gasteiger partial charge in [0.2, 0.25) is 0 Å². The van der Waals surface area contributed by atoms with Gasteiger partial charge in [0.05, 0.1) is 0 Å². The molecule has 4 heteroatoms. The summed E-state index contributed by atoms with van der Waals surface area (Å²) in [6, 6.07) is 3.51. The van der Waals surface area contributed by atoms with Crippen LogP contribution in [0.15, 0.2) is 12.1 Å². The highest BCUT2D eigenvalue weighted by Gasteiger charge is 2.15. The minimum Gasteiger partial charge on any atom is -0.384 e. The van der Waals surface area contributed by atoms with Crippen LogP contribution >= 0.6 is 0 Å². The van der Waals surface area contributed by atoms with Crippen molar-refractivity contribution < 1.29 is 4.79 Å². The van der Waals surface area contributed by atoms with Gasteiger partial charge in [-0.1, -0.05) is 20.8 Å². The molecule has 0 spiro atoms. The van der Waals surface area contributed by atoms with Crippen molar-refractivity contribution in [2.75, 3.05) is 18.8 Å². The van der Waals surface area contributed by atoms with E-state index in [1.807, 2.05) is 17.9 Å². The highest BCUT2D eigenvalue weighted by Crippen LogP contribution is 2.12. The van der Waals surface area contributed by atoms with Crippen LogP contribution in [-0.2, 0) is 6.42 Å². The number of pyridine rings is 1. The molecule has 18 heavy (non-hydrogen) atoms. The molecular formula is C14H23N3O. The van der Waals surface area contributed by atoms with Crippen LogP contribution in [0, 0.1) is 0 Å². The minimum atomic E-state index is 0.0579. The third kappa shape index (κ3) is 3.72. The van der Waals surface area contributed by atoms with Crippen molar-refractivity contribution in [3.05, 3.63) is 23.4 Å². The van der Waals surface area contributed by atoms with Gasteiger partial charge in [0.1, 0.15) is 5.82 Å². The number of rotatable bonds is 6. The summed E-state index contributed by atoms with van der Waals surface area (Å²) >= 11 is 0. The first-order valence-electron chi connectivity index (χ1n) is 6.68. The summed E-state index contributed by atoms with van der Waals surface area (Å²) < 4.78 is 0. The number of nitrogens with two attached hydrogens (primary N) is 1. The monoisotopic (exact) mass is 249 g/mol. The molecule has 1 heterocycles. The number of carbonyl (C=O) groups is 1. The molecule has 0 unspecified atom stereocenters. The van der Waals surface area contributed by atoms with E-state index in [1.54, 1.807) is 6.07 Å². The number of hydrogen-bond acceptors (Lipinski definition) is 3. The Kier molecular flexibility index (Phi) is 5.62. The number of nitrogen functional groups attached to an aromatic ring is 1. The molecule has 0 aliphatic rings. The highest BCUT2D eigenvalue weighted by molar-refractivity contribution is 5.95. The summed E-state index contributed by atoms with van der Waals surface area (Å²) in [7, 11) is 0. The maximum absolute atomic E-state index is 12.4. The number of aryl methyl sites for hydroxylation is 1. The molecule has 1 amide bonds. The van der Waals surface area contributed by atoms with Crippen LogP contribution in [0.2, 0.25) is 0 Å². The molecule has 0 bridgehead atoms. The molecule has 0 radical (unpaired) electrons. The third-order valence-corrected chi connectivity index (χ3v) is 2.78. The van der Waals surface area contributed by atoms with E-state index in [4.69, 9.17) is 5.73 Å². The van der Waals surface area contributed by atoms with E-state index in [1.165, 1.54) is 0 Å². The molecule has 0 saturated carbocycles. The number of anilines is 1. The van der Waals surface area contributed by atoms with Crippen molar-refractivity contribution in [3.8, 4) is 0 Å². The van der Waals surface area contributed by atoms with Gasteiger partial charge in [0.15, 0.2) is 0 Å². The van der Waals surface area contributed by atoms with Crippen LogP contribution < -0.4 is 5.73 Å². The molecule has 100 valence electrons. The Balaban J connectivity index is 2.96. The Labute approximate surface area is 109 Å². The Morgan fingerprint density at radius 1 is 1.22 bits per heavy atom. The van der Waals surface area contributed by atoms with Gasteiger partial charge in [-0.2, -0.15) is 0 Å². The van der Waals surface area contributed by atoms with Crippen molar-refractivity contribution >= 4 is 11.7 Å². The molecule has 4 nitrogen and oxygen atoms in total. The van der Waals surface area contributed by atoms with E-state index in [0.29, 0.717) is 11.4 Å². The second kappa shape index (κ2) is 6.99. The average Bonchev–Trinajstić information content (AvgIpc) is 2.36.